The molecule has 27 heavy (non-hydrogen) atoms. The van der Waals surface area contributed by atoms with Gasteiger partial charge in [-0.1, -0.05) is 12.1 Å². The van der Waals surface area contributed by atoms with Crippen molar-refractivity contribution < 1.29 is 26.7 Å². The van der Waals surface area contributed by atoms with Crippen LogP contribution in [0.1, 0.15) is 5.56 Å². The number of ether oxygens (including phenoxy) is 1. The van der Waals surface area contributed by atoms with E-state index in [1.807, 2.05) is 0 Å². The molecule has 2 amide bonds. The Hall–Kier alpha value is -1.98. The van der Waals surface area contributed by atoms with Crippen LogP contribution in [0.5, 0.6) is 5.75 Å². The molecule has 1 aromatic rings. The number of carbonyl (C=O) groups is 1. The molecule has 0 bridgehead atoms. The van der Waals surface area contributed by atoms with Crippen molar-refractivity contribution >= 4 is 16.2 Å². The molecular weight excluding hydrogens is 382 g/mol. The van der Waals surface area contributed by atoms with Gasteiger partial charge in [-0.15, -0.1) is 0 Å². The Labute approximate surface area is 157 Å². The number of alkyl halides is 2. The summed E-state index contributed by atoms with van der Waals surface area (Å²) in [6.07, 6.45) is 0.537. The van der Waals surface area contributed by atoms with Crippen LogP contribution in [0.15, 0.2) is 24.3 Å². The van der Waals surface area contributed by atoms with E-state index in [1.54, 1.807) is 17.0 Å². The van der Waals surface area contributed by atoms with Crippen molar-refractivity contribution in [2.75, 3.05) is 46.8 Å². The first-order valence-corrected chi connectivity index (χ1v) is 9.84. The molecule has 8 nitrogen and oxygen atoms in total. The fraction of sp³-hybridized carbons (Fsp3) is 0.562. The number of nitrogens with zero attached hydrogens (tertiary/aromatic N) is 3. The molecule has 0 unspecified atom stereocenters. The van der Waals surface area contributed by atoms with Crippen molar-refractivity contribution in [2.45, 2.75) is 13.0 Å². The third kappa shape index (κ3) is 6.01. The van der Waals surface area contributed by atoms with Gasteiger partial charge in [0.2, 0.25) is 0 Å². The number of benzene rings is 1. The van der Waals surface area contributed by atoms with E-state index in [0.29, 0.717) is 26.1 Å². The molecule has 0 atom stereocenters. The standard InChI is InChI=1S/C16H24F2N4O4S/c1-20(2)27(24,25)22-11-9-21(10-12-22)16(23)19-8-7-13-3-5-14(6-4-13)26-15(17)18/h3-6,15H,7-12H2,1-2H3,(H,19,23). The fourth-order valence-electron chi connectivity index (χ4n) is 2.62. The number of amides is 2. The first-order valence-electron chi connectivity index (χ1n) is 8.44. The predicted octanol–water partition coefficient (Wildman–Crippen LogP) is 0.964. The van der Waals surface area contributed by atoms with Crippen molar-refractivity contribution in [2.24, 2.45) is 0 Å². The maximum absolute atomic E-state index is 12.2. The van der Waals surface area contributed by atoms with Crippen LogP contribution < -0.4 is 10.1 Å². The van der Waals surface area contributed by atoms with Crippen LogP contribution in [0.2, 0.25) is 0 Å². The first-order chi connectivity index (χ1) is 12.7. The Kier molecular flexibility index (Phi) is 7.33. The highest BCUT2D eigenvalue weighted by molar-refractivity contribution is 7.86. The Morgan fingerprint density at radius 3 is 2.30 bits per heavy atom. The monoisotopic (exact) mass is 406 g/mol. The van der Waals surface area contributed by atoms with Gasteiger partial charge in [0.05, 0.1) is 0 Å². The Bertz CT molecular complexity index is 720. The Balaban J connectivity index is 1.74. The number of halogens is 2. The molecule has 1 fully saturated rings. The van der Waals surface area contributed by atoms with E-state index in [1.165, 1.54) is 30.5 Å². The van der Waals surface area contributed by atoms with Crippen LogP contribution >= 0.6 is 0 Å². The summed E-state index contributed by atoms with van der Waals surface area (Å²) in [6.45, 7) is -1.34. The molecule has 0 radical (unpaired) electrons. The zero-order valence-corrected chi connectivity index (χ0v) is 16.1. The van der Waals surface area contributed by atoms with Crippen LogP contribution in [0.25, 0.3) is 0 Å². The zero-order chi connectivity index (χ0) is 20.0. The normalized spacial score (nSPS) is 16.0. The summed E-state index contributed by atoms with van der Waals surface area (Å²) in [5.74, 6) is 0.0864. The molecule has 1 saturated heterocycles. The van der Waals surface area contributed by atoms with Crippen molar-refractivity contribution in [3.63, 3.8) is 0 Å². The molecular formula is C16H24F2N4O4S. The second kappa shape index (κ2) is 9.29. The highest BCUT2D eigenvalue weighted by Gasteiger charge is 2.30. The lowest BCUT2D eigenvalue weighted by atomic mass is 10.1. The van der Waals surface area contributed by atoms with Crippen LogP contribution in [0.4, 0.5) is 13.6 Å². The van der Waals surface area contributed by atoms with Crippen molar-refractivity contribution in [3.8, 4) is 5.75 Å². The SMILES string of the molecule is CN(C)S(=O)(=O)N1CCN(C(=O)NCCc2ccc(OC(F)F)cc2)CC1. The molecule has 1 aromatic carbocycles. The van der Waals surface area contributed by atoms with E-state index < -0.39 is 16.8 Å². The van der Waals surface area contributed by atoms with Gasteiger partial charge >= 0.3 is 12.6 Å². The second-order valence-corrected chi connectivity index (χ2v) is 8.32. The molecule has 1 aliphatic heterocycles. The van der Waals surface area contributed by atoms with Gasteiger partial charge in [0, 0.05) is 46.8 Å². The van der Waals surface area contributed by atoms with E-state index in [4.69, 9.17) is 0 Å². The van der Waals surface area contributed by atoms with Gasteiger partial charge in [0.1, 0.15) is 5.75 Å². The van der Waals surface area contributed by atoms with E-state index in [-0.39, 0.29) is 24.9 Å². The molecule has 0 saturated carbocycles. The summed E-state index contributed by atoms with van der Waals surface area (Å²) >= 11 is 0. The highest BCUT2D eigenvalue weighted by atomic mass is 32.2. The van der Waals surface area contributed by atoms with Gasteiger partial charge < -0.3 is 15.0 Å². The summed E-state index contributed by atoms with van der Waals surface area (Å²) in [5.41, 5.74) is 0.874. The molecule has 11 heteroatoms. The quantitative estimate of drug-likeness (QED) is 0.732. The van der Waals surface area contributed by atoms with Gasteiger partial charge in [-0.05, 0) is 24.1 Å². The number of rotatable bonds is 7. The van der Waals surface area contributed by atoms with E-state index in [0.717, 1.165) is 9.87 Å². The van der Waals surface area contributed by atoms with E-state index in [9.17, 15) is 22.0 Å². The summed E-state index contributed by atoms with van der Waals surface area (Å²) in [7, 11) is -0.517. The molecule has 0 aromatic heterocycles. The minimum absolute atomic E-state index is 0.0864. The number of urea groups is 1. The lowest BCUT2D eigenvalue weighted by Crippen LogP contribution is -2.55. The van der Waals surface area contributed by atoms with Crippen molar-refractivity contribution in [1.82, 2.24) is 18.8 Å². The lowest BCUT2D eigenvalue weighted by molar-refractivity contribution is -0.0498. The van der Waals surface area contributed by atoms with Crippen LogP contribution in [-0.4, -0.2) is 81.4 Å². The van der Waals surface area contributed by atoms with Gasteiger partial charge in [-0.3, -0.25) is 0 Å². The minimum Gasteiger partial charge on any atom is -0.435 e. The summed E-state index contributed by atoms with van der Waals surface area (Å²) in [5, 5.41) is 2.78. The number of piperazine rings is 1. The maximum atomic E-state index is 12.2. The average Bonchev–Trinajstić information content (AvgIpc) is 2.62. The average molecular weight is 406 g/mol. The third-order valence-corrected chi connectivity index (χ3v) is 6.09. The smallest absolute Gasteiger partial charge is 0.387 e. The summed E-state index contributed by atoms with van der Waals surface area (Å²) < 4.78 is 55.1. The second-order valence-electron chi connectivity index (χ2n) is 6.18. The lowest BCUT2D eigenvalue weighted by Gasteiger charge is -2.35. The van der Waals surface area contributed by atoms with E-state index in [2.05, 4.69) is 10.1 Å². The largest absolute Gasteiger partial charge is 0.435 e. The molecule has 0 aliphatic carbocycles. The van der Waals surface area contributed by atoms with Gasteiger partial charge in [-0.25, -0.2) is 4.79 Å². The van der Waals surface area contributed by atoms with Crippen molar-refractivity contribution in [1.29, 1.82) is 0 Å². The first kappa shape index (κ1) is 21.3. The van der Waals surface area contributed by atoms with Crippen molar-refractivity contribution in [3.05, 3.63) is 29.8 Å². The number of hydrogen-bond acceptors (Lipinski definition) is 4. The van der Waals surface area contributed by atoms with Gasteiger partial charge in [0.15, 0.2) is 0 Å². The topological polar surface area (TPSA) is 82.2 Å². The van der Waals surface area contributed by atoms with Crippen LogP contribution in [-0.2, 0) is 16.6 Å². The molecule has 1 aliphatic rings. The Morgan fingerprint density at radius 1 is 1.19 bits per heavy atom. The molecule has 1 heterocycles. The number of hydrogen-bond donors (Lipinski definition) is 1. The third-order valence-electron chi connectivity index (χ3n) is 4.15. The predicted molar refractivity (Wildman–Crippen MR) is 95.9 cm³/mol. The molecule has 1 N–H and O–H groups in total. The summed E-state index contributed by atoms with van der Waals surface area (Å²) in [6, 6.07) is 5.97. The van der Waals surface area contributed by atoms with Gasteiger partial charge in [-0.2, -0.15) is 25.8 Å². The van der Waals surface area contributed by atoms with Crippen LogP contribution in [0.3, 0.4) is 0 Å². The zero-order valence-electron chi connectivity index (χ0n) is 15.3. The number of carbonyl (C=O) groups excluding carboxylic acids is 1. The molecule has 152 valence electrons. The maximum Gasteiger partial charge on any atom is 0.387 e. The number of nitrogens with one attached hydrogen (secondary N) is 1. The summed E-state index contributed by atoms with van der Waals surface area (Å²) in [4.78, 5) is 13.8. The molecule has 2 rings (SSSR count). The minimum atomic E-state index is -3.46. The Morgan fingerprint density at radius 2 is 1.78 bits per heavy atom. The highest BCUT2D eigenvalue weighted by Crippen LogP contribution is 2.15. The fourth-order valence-corrected chi connectivity index (χ4v) is 3.70. The molecule has 0 spiro atoms. The van der Waals surface area contributed by atoms with E-state index >= 15 is 0 Å². The van der Waals surface area contributed by atoms with Gasteiger partial charge in [0.25, 0.3) is 10.2 Å². The van der Waals surface area contributed by atoms with Crippen LogP contribution in [0, 0.1) is 0 Å².